The van der Waals surface area contributed by atoms with Gasteiger partial charge in [-0.1, -0.05) is 11.6 Å². The molecular formula is C11H14ClN3O2. The molecule has 1 aliphatic rings. The first-order chi connectivity index (χ1) is 8.19. The van der Waals surface area contributed by atoms with Crippen molar-refractivity contribution in [2.45, 2.75) is 31.9 Å². The first-order valence-corrected chi connectivity index (χ1v) is 5.97. The van der Waals surface area contributed by atoms with Crippen molar-refractivity contribution in [3.63, 3.8) is 0 Å². The van der Waals surface area contributed by atoms with Crippen molar-refractivity contribution in [2.75, 3.05) is 6.61 Å². The van der Waals surface area contributed by atoms with Crippen molar-refractivity contribution < 1.29 is 9.53 Å². The molecule has 1 aromatic heterocycles. The highest BCUT2D eigenvalue weighted by atomic mass is 35.5. The van der Waals surface area contributed by atoms with Gasteiger partial charge >= 0.3 is 0 Å². The molecule has 1 aliphatic carbocycles. The molecule has 1 saturated carbocycles. The van der Waals surface area contributed by atoms with Gasteiger partial charge in [0.05, 0.1) is 18.5 Å². The van der Waals surface area contributed by atoms with E-state index in [0.29, 0.717) is 6.61 Å². The van der Waals surface area contributed by atoms with Crippen molar-refractivity contribution in [1.82, 2.24) is 15.3 Å². The standard InChI is InChI=1S/C11H14ClN3O2/c1-2-17-8-3-7(4-8)15-11(16)9-5-14-10(12)6-13-9/h5-8H,2-4H2,1H3,(H,15,16). The zero-order chi connectivity index (χ0) is 12.3. The van der Waals surface area contributed by atoms with Crippen molar-refractivity contribution in [1.29, 1.82) is 0 Å². The summed E-state index contributed by atoms with van der Waals surface area (Å²) in [6, 6.07) is 0.177. The normalized spacial score (nSPS) is 22.9. The highest BCUT2D eigenvalue weighted by Gasteiger charge is 2.31. The molecule has 0 bridgehead atoms. The summed E-state index contributed by atoms with van der Waals surface area (Å²) in [5, 5.41) is 3.16. The minimum Gasteiger partial charge on any atom is -0.378 e. The van der Waals surface area contributed by atoms with E-state index in [1.165, 1.54) is 12.4 Å². The lowest BCUT2D eigenvalue weighted by molar-refractivity contribution is -0.00867. The van der Waals surface area contributed by atoms with E-state index in [9.17, 15) is 4.79 Å². The SMILES string of the molecule is CCOC1CC(NC(=O)c2cnc(Cl)cn2)C1. The Morgan fingerprint density at radius 3 is 2.88 bits per heavy atom. The van der Waals surface area contributed by atoms with Gasteiger partial charge in [0.25, 0.3) is 5.91 Å². The molecule has 0 radical (unpaired) electrons. The Morgan fingerprint density at radius 2 is 2.29 bits per heavy atom. The molecule has 1 aromatic rings. The fourth-order valence-corrected chi connectivity index (χ4v) is 1.84. The van der Waals surface area contributed by atoms with Gasteiger partial charge in [-0.3, -0.25) is 4.79 Å². The van der Waals surface area contributed by atoms with E-state index >= 15 is 0 Å². The minimum atomic E-state index is -0.214. The number of nitrogens with zero attached hydrogens (tertiary/aromatic N) is 2. The number of hydrogen-bond acceptors (Lipinski definition) is 4. The van der Waals surface area contributed by atoms with Gasteiger partial charge in [0, 0.05) is 12.6 Å². The number of halogens is 1. The summed E-state index contributed by atoms with van der Waals surface area (Å²) in [7, 11) is 0. The van der Waals surface area contributed by atoms with Gasteiger partial charge in [-0.15, -0.1) is 0 Å². The molecule has 5 nitrogen and oxygen atoms in total. The molecular weight excluding hydrogens is 242 g/mol. The fraction of sp³-hybridized carbons (Fsp3) is 0.545. The summed E-state index contributed by atoms with van der Waals surface area (Å²) in [5.41, 5.74) is 0.286. The second-order valence-electron chi connectivity index (χ2n) is 3.94. The van der Waals surface area contributed by atoms with Crippen LogP contribution in [0.3, 0.4) is 0 Å². The number of ether oxygens (including phenoxy) is 1. The van der Waals surface area contributed by atoms with Crippen LogP contribution in [-0.4, -0.2) is 34.6 Å². The van der Waals surface area contributed by atoms with Crippen LogP contribution in [0.2, 0.25) is 5.15 Å². The van der Waals surface area contributed by atoms with Crippen LogP contribution < -0.4 is 5.32 Å². The highest BCUT2D eigenvalue weighted by Crippen LogP contribution is 2.23. The molecule has 0 saturated heterocycles. The van der Waals surface area contributed by atoms with Crippen molar-refractivity contribution in [3.05, 3.63) is 23.2 Å². The van der Waals surface area contributed by atoms with Crippen molar-refractivity contribution in [2.24, 2.45) is 0 Å². The molecule has 0 atom stereocenters. The molecule has 92 valence electrons. The van der Waals surface area contributed by atoms with E-state index in [0.717, 1.165) is 12.8 Å². The average molecular weight is 256 g/mol. The summed E-state index contributed by atoms with van der Waals surface area (Å²) in [5.74, 6) is -0.214. The van der Waals surface area contributed by atoms with Crippen LogP contribution in [0.1, 0.15) is 30.3 Å². The van der Waals surface area contributed by atoms with Gasteiger partial charge in [0.2, 0.25) is 0 Å². The summed E-state index contributed by atoms with van der Waals surface area (Å²) in [6.07, 6.45) is 4.74. The highest BCUT2D eigenvalue weighted by molar-refractivity contribution is 6.29. The van der Waals surface area contributed by atoms with Crippen LogP contribution >= 0.6 is 11.6 Å². The Hall–Kier alpha value is -1.20. The Kier molecular flexibility index (Phi) is 3.91. The monoisotopic (exact) mass is 255 g/mol. The van der Waals surface area contributed by atoms with Gasteiger partial charge in [-0.25, -0.2) is 9.97 Å². The van der Waals surface area contributed by atoms with Gasteiger partial charge in [-0.05, 0) is 19.8 Å². The lowest BCUT2D eigenvalue weighted by Crippen LogP contribution is -2.48. The maximum absolute atomic E-state index is 11.7. The lowest BCUT2D eigenvalue weighted by atomic mass is 9.89. The molecule has 0 unspecified atom stereocenters. The Labute approximate surface area is 105 Å². The van der Waals surface area contributed by atoms with E-state index in [-0.39, 0.29) is 28.9 Å². The Morgan fingerprint density at radius 1 is 1.53 bits per heavy atom. The third kappa shape index (κ3) is 3.14. The maximum Gasteiger partial charge on any atom is 0.271 e. The first kappa shape index (κ1) is 12.3. The van der Waals surface area contributed by atoms with Crippen LogP contribution in [0.4, 0.5) is 0 Å². The van der Waals surface area contributed by atoms with E-state index in [1.54, 1.807) is 0 Å². The predicted octanol–water partition coefficient (Wildman–Crippen LogP) is 1.43. The van der Waals surface area contributed by atoms with Gasteiger partial charge in [-0.2, -0.15) is 0 Å². The number of rotatable bonds is 4. The van der Waals surface area contributed by atoms with Crippen molar-refractivity contribution in [3.8, 4) is 0 Å². The molecule has 0 aliphatic heterocycles. The predicted molar refractivity (Wildman–Crippen MR) is 62.9 cm³/mol. The molecule has 0 aromatic carbocycles. The van der Waals surface area contributed by atoms with Crippen LogP contribution in [0, 0.1) is 0 Å². The van der Waals surface area contributed by atoms with Gasteiger partial charge < -0.3 is 10.1 Å². The van der Waals surface area contributed by atoms with Crippen LogP contribution in [0.15, 0.2) is 12.4 Å². The summed E-state index contributed by atoms with van der Waals surface area (Å²) >= 11 is 5.59. The third-order valence-corrected chi connectivity index (χ3v) is 2.88. The number of carbonyl (C=O) groups excluding carboxylic acids is 1. The van der Waals surface area contributed by atoms with E-state index < -0.39 is 0 Å². The Balaban J connectivity index is 1.81. The number of carbonyl (C=O) groups is 1. The molecule has 2 rings (SSSR count). The molecule has 1 N–H and O–H groups in total. The van der Waals surface area contributed by atoms with E-state index in [1.807, 2.05) is 6.92 Å². The number of nitrogens with one attached hydrogen (secondary N) is 1. The second kappa shape index (κ2) is 5.42. The van der Waals surface area contributed by atoms with E-state index in [4.69, 9.17) is 16.3 Å². The average Bonchev–Trinajstić information content (AvgIpc) is 2.27. The Bertz CT molecular complexity index is 390. The summed E-state index contributed by atoms with van der Waals surface area (Å²) < 4.78 is 5.41. The second-order valence-corrected chi connectivity index (χ2v) is 4.33. The number of amides is 1. The first-order valence-electron chi connectivity index (χ1n) is 5.59. The molecule has 6 heteroatoms. The minimum absolute atomic E-state index is 0.177. The van der Waals surface area contributed by atoms with Gasteiger partial charge in [0.15, 0.2) is 0 Å². The largest absolute Gasteiger partial charge is 0.378 e. The van der Waals surface area contributed by atoms with Crippen LogP contribution in [0.25, 0.3) is 0 Å². The zero-order valence-corrected chi connectivity index (χ0v) is 10.3. The number of aromatic nitrogens is 2. The van der Waals surface area contributed by atoms with Crippen LogP contribution in [0.5, 0.6) is 0 Å². The van der Waals surface area contributed by atoms with Crippen molar-refractivity contribution >= 4 is 17.5 Å². The fourth-order valence-electron chi connectivity index (χ4n) is 1.74. The third-order valence-electron chi connectivity index (χ3n) is 2.69. The van der Waals surface area contributed by atoms with Gasteiger partial charge in [0.1, 0.15) is 10.8 Å². The lowest BCUT2D eigenvalue weighted by Gasteiger charge is -2.35. The topological polar surface area (TPSA) is 64.1 Å². The molecule has 1 fully saturated rings. The quantitative estimate of drug-likeness (QED) is 0.884. The summed E-state index contributed by atoms with van der Waals surface area (Å²) in [4.78, 5) is 19.4. The number of hydrogen-bond donors (Lipinski definition) is 1. The summed E-state index contributed by atoms with van der Waals surface area (Å²) in [6.45, 7) is 2.68. The zero-order valence-electron chi connectivity index (χ0n) is 9.52. The maximum atomic E-state index is 11.7. The molecule has 17 heavy (non-hydrogen) atoms. The van der Waals surface area contributed by atoms with E-state index in [2.05, 4.69) is 15.3 Å². The smallest absolute Gasteiger partial charge is 0.271 e. The van der Waals surface area contributed by atoms with Crippen LogP contribution in [-0.2, 0) is 4.74 Å². The molecule has 1 heterocycles. The molecule has 1 amide bonds. The molecule has 0 spiro atoms.